The standard InChI is InChI=1S/C11H13FINO/c1-11(2,3)9(15)4-7-5-14-6-8(12)10(7)13/h5-6H,4H2,1-3H3. The first-order valence-corrected chi connectivity index (χ1v) is 5.71. The number of carbonyl (C=O) groups excluding carboxylic acids is 1. The highest BCUT2D eigenvalue weighted by atomic mass is 127. The monoisotopic (exact) mass is 321 g/mol. The van der Waals surface area contributed by atoms with Gasteiger partial charge in [-0.2, -0.15) is 0 Å². The molecule has 1 heterocycles. The predicted octanol–water partition coefficient (Wildman–Crippen LogP) is 2.98. The number of halogens is 2. The summed E-state index contributed by atoms with van der Waals surface area (Å²) in [5.74, 6) is -0.275. The summed E-state index contributed by atoms with van der Waals surface area (Å²) >= 11 is 1.90. The molecule has 0 aliphatic rings. The maximum atomic E-state index is 13.1. The number of aromatic nitrogens is 1. The minimum absolute atomic E-state index is 0.0906. The largest absolute Gasteiger partial charge is 0.299 e. The maximum Gasteiger partial charge on any atom is 0.155 e. The van der Waals surface area contributed by atoms with Gasteiger partial charge in [-0.15, -0.1) is 0 Å². The second kappa shape index (κ2) is 4.55. The van der Waals surface area contributed by atoms with Crippen LogP contribution in [-0.4, -0.2) is 10.8 Å². The van der Waals surface area contributed by atoms with Gasteiger partial charge in [-0.25, -0.2) is 4.39 Å². The van der Waals surface area contributed by atoms with Crippen LogP contribution < -0.4 is 0 Å². The molecule has 0 aromatic carbocycles. The molecule has 0 fully saturated rings. The number of Topliss-reactive ketones (excluding diaryl/α,β-unsaturated/α-hetero) is 1. The van der Waals surface area contributed by atoms with Gasteiger partial charge in [0, 0.05) is 18.0 Å². The SMILES string of the molecule is CC(C)(C)C(=O)Cc1cncc(F)c1I. The second-order valence-corrected chi connectivity index (χ2v) is 5.52. The van der Waals surface area contributed by atoms with Crippen molar-refractivity contribution < 1.29 is 9.18 Å². The van der Waals surface area contributed by atoms with Gasteiger partial charge >= 0.3 is 0 Å². The Bertz CT molecular complexity index is 385. The molecule has 0 aliphatic carbocycles. The highest BCUT2D eigenvalue weighted by Crippen LogP contribution is 2.21. The van der Waals surface area contributed by atoms with Gasteiger partial charge in [-0.1, -0.05) is 20.8 Å². The molecule has 1 rings (SSSR count). The Balaban J connectivity index is 2.91. The topological polar surface area (TPSA) is 30.0 Å². The van der Waals surface area contributed by atoms with Crippen molar-refractivity contribution in [2.45, 2.75) is 27.2 Å². The van der Waals surface area contributed by atoms with Gasteiger partial charge < -0.3 is 0 Å². The fraction of sp³-hybridized carbons (Fsp3) is 0.455. The highest BCUT2D eigenvalue weighted by molar-refractivity contribution is 14.1. The summed E-state index contributed by atoms with van der Waals surface area (Å²) in [7, 11) is 0. The highest BCUT2D eigenvalue weighted by Gasteiger charge is 2.22. The summed E-state index contributed by atoms with van der Waals surface area (Å²) in [5.41, 5.74) is 0.269. The van der Waals surface area contributed by atoms with E-state index in [0.717, 1.165) is 6.20 Å². The lowest BCUT2D eigenvalue weighted by molar-refractivity contribution is -0.125. The molecule has 0 aliphatic heterocycles. The lowest BCUT2D eigenvalue weighted by atomic mass is 9.87. The molecule has 15 heavy (non-hydrogen) atoms. The first-order chi connectivity index (χ1) is 6.82. The van der Waals surface area contributed by atoms with Crippen LogP contribution in [0, 0.1) is 14.8 Å². The zero-order valence-corrected chi connectivity index (χ0v) is 11.1. The number of hydrogen-bond donors (Lipinski definition) is 0. The summed E-state index contributed by atoms with van der Waals surface area (Å²) in [6.07, 6.45) is 2.95. The number of ketones is 1. The van der Waals surface area contributed by atoms with E-state index >= 15 is 0 Å². The van der Waals surface area contributed by atoms with Crippen molar-refractivity contribution in [3.8, 4) is 0 Å². The van der Waals surface area contributed by atoms with Gasteiger partial charge in [0.2, 0.25) is 0 Å². The Morgan fingerprint density at radius 3 is 2.60 bits per heavy atom. The lowest BCUT2D eigenvalue weighted by Gasteiger charge is -2.16. The van der Waals surface area contributed by atoms with E-state index in [2.05, 4.69) is 4.98 Å². The first kappa shape index (κ1) is 12.5. The lowest BCUT2D eigenvalue weighted by Crippen LogP contribution is -2.22. The normalized spacial score (nSPS) is 11.5. The Hall–Kier alpha value is -0.520. The summed E-state index contributed by atoms with van der Waals surface area (Å²) in [5, 5.41) is 0. The van der Waals surface area contributed by atoms with Gasteiger partial charge in [0.15, 0.2) is 5.82 Å². The van der Waals surface area contributed by atoms with Gasteiger partial charge in [-0.05, 0) is 28.2 Å². The number of pyridine rings is 1. The molecule has 1 aromatic heterocycles. The van der Waals surface area contributed by atoms with Crippen molar-refractivity contribution in [2.75, 3.05) is 0 Å². The molecule has 0 amide bonds. The number of rotatable bonds is 2. The van der Waals surface area contributed by atoms with E-state index in [1.807, 2.05) is 43.4 Å². The molecule has 0 N–H and O–H groups in total. The zero-order valence-electron chi connectivity index (χ0n) is 8.97. The van der Waals surface area contributed by atoms with Crippen LogP contribution in [-0.2, 0) is 11.2 Å². The molecule has 0 saturated carbocycles. The van der Waals surface area contributed by atoms with Crippen molar-refractivity contribution >= 4 is 28.4 Å². The van der Waals surface area contributed by atoms with E-state index in [9.17, 15) is 9.18 Å². The molecule has 82 valence electrons. The second-order valence-electron chi connectivity index (χ2n) is 4.44. The third kappa shape index (κ3) is 3.22. The van der Waals surface area contributed by atoms with E-state index in [-0.39, 0.29) is 18.0 Å². The molecule has 0 atom stereocenters. The van der Waals surface area contributed by atoms with Crippen LogP contribution in [0.5, 0.6) is 0 Å². The quantitative estimate of drug-likeness (QED) is 0.784. The molecular weight excluding hydrogens is 308 g/mol. The van der Waals surface area contributed by atoms with Crippen molar-refractivity contribution in [3.05, 3.63) is 27.3 Å². The summed E-state index contributed by atoms with van der Waals surface area (Å²) in [6.45, 7) is 5.57. The Kier molecular flexibility index (Phi) is 3.81. The van der Waals surface area contributed by atoms with Crippen LogP contribution in [0.1, 0.15) is 26.3 Å². The van der Waals surface area contributed by atoms with Crippen LogP contribution >= 0.6 is 22.6 Å². The van der Waals surface area contributed by atoms with Crippen LogP contribution in [0.3, 0.4) is 0 Å². The summed E-state index contributed by atoms with van der Waals surface area (Å²) < 4.78 is 13.6. The Morgan fingerprint density at radius 1 is 1.47 bits per heavy atom. The van der Waals surface area contributed by atoms with Crippen LogP contribution in [0.15, 0.2) is 12.4 Å². The van der Waals surface area contributed by atoms with Crippen molar-refractivity contribution in [2.24, 2.45) is 5.41 Å². The fourth-order valence-electron chi connectivity index (χ4n) is 1.02. The molecule has 0 spiro atoms. The van der Waals surface area contributed by atoms with Crippen molar-refractivity contribution in [1.29, 1.82) is 0 Å². The molecule has 0 unspecified atom stereocenters. The van der Waals surface area contributed by atoms with Gasteiger partial charge in [0.05, 0.1) is 9.77 Å². The van der Waals surface area contributed by atoms with Crippen LogP contribution in [0.25, 0.3) is 0 Å². The molecule has 0 radical (unpaired) electrons. The molecular formula is C11H13FINO. The van der Waals surface area contributed by atoms with E-state index in [0.29, 0.717) is 9.13 Å². The first-order valence-electron chi connectivity index (χ1n) is 4.63. The number of nitrogens with zero attached hydrogens (tertiary/aromatic N) is 1. The maximum absolute atomic E-state index is 13.1. The molecule has 0 saturated heterocycles. The van der Waals surface area contributed by atoms with Gasteiger partial charge in [-0.3, -0.25) is 9.78 Å². The van der Waals surface area contributed by atoms with E-state index < -0.39 is 5.41 Å². The molecule has 0 bridgehead atoms. The third-order valence-corrected chi connectivity index (χ3v) is 3.31. The third-order valence-electron chi connectivity index (χ3n) is 2.10. The smallest absolute Gasteiger partial charge is 0.155 e. The molecule has 2 nitrogen and oxygen atoms in total. The predicted molar refractivity (Wildman–Crippen MR) is 65.1 cm³/mol. The minimum atomic E-state index is -0.393. The van der Waals surface area contributed by atoms with Gasteiger partial charge in [0.1, 0.15) is 5.78 Å². The zero-order chi connectivity index (χ0) is 11.6. The number of carbonyl (C=O) groups is 1. The van der Waals surface area contributed by atoms with Crippen molar-refractivity contribution in [1.82, 2.24) is 4.98 Å². The van der Waals surface area contributed by atoms with Gasteiger partial charge in [0.25, 0.3) is 0 Å². The molecule has 1 aromatic rings. The minimum Gasteiger partial charge on any atom is -0.299 e. The Labute approximate surface area is 102 Å². The molecule has 4 heteroatoms. The average molecular weight is 321 g/mol. The van der Waals surface area contributed by atoms with E-state index in [4.69, 9.17) is 0 Å². The summed E-state index contributed by atoms with van der Waals surface area (Å²) in [4.78, 5) is 15.5. The van der Waals surface area contributed by atoms with Crippen molar-refractivity contribution in [3.63, 3.8) is 0 Å². The van der Waals surface area contributed by atoms with Crippen LogP contribution in [0.2, 0.25) is 0 Å². The Morgan fingerprint density at radius 2 is 2.07 bits per heavy atom. The van der Waals surface area contributed by atoms with E-state index in [1.54, 1.807) is 6.20 Å². The van der Waals surface area contributed by atoms with E-state index in [1.165, 1.54) is 0 Å². The van der Waals surface area contributed by atoms with Crippen LogP contribution in [0.4, 0.5) is 4.39 Å². The number of hydrogen-bond acceptors (Lipinski definition) is 2. The average Bonchev–Trinajstić information content (AvgIpc) is 2.11. The summed E-state index contributed by atoms with van der Waals surface area (Å²) in [6, 6.07) is 0. The fourth-order valence-corrected chi connectivity index (χ4v) is 1.49.